The van der Waals surface area contributed by atoms with E-state index < -0.39 is 5.97 Å². The highest BCUT2D eigenvalue weighted by molar-refractivity contribution is 5.70. The molecule has 5 nitrogen and oxygen atoms in total. The molecule has 0 aromatic carbocycles. The number of hydrogen-bond acceptors (Lipinski definition) is 3. The van der Waals surface area contributed by atoms with Crippen molar-refractivity contribution in [2.45, 2.75) is 33.9 Å². The summed E-state index contributed by atoms with van der Waals surface area (Å²) < 4.78 is 6.92. The maximum Gasteiger partial charge on any atom is 0.307 e. The maximum atomic E-state index is 10.6. The summed E-state index contributed by atoms with van der Waals surface area (Å²) in [5, 5.41) is 13.0. The fourth-order valence-electron chi connectivity index (χ4n) is 1.44. The zero-order valence-electron chi connectivity index (χ0n) is 9.28. The molecule has 0 spiro atoms. The van der Waals surface area contributed by atoms with Gasteiger partial charge in [-0.1, -0.05) is 0 Å². The van der Waals surface area contributed by atoms with Gasteiger partial charge in [0.2, 0.25) is 0 Å². The summed E-state index contributed by atoms with van der Waals surface area (Å²) in [6.07, 6.45) is 0.0177. The van der Waals surface area contributed by atoms with E-state index in [9.17, 15) is 4.79 Å². The summed E-state index contributed by atoms with van der Waals surface area (Å²) in [7, 11) is 0. The smallest absolute Gasteiger partial charge is 0.307 e. The Morgan fingerprint density at radius 1 is 1.53 bits per heavy atom. The van der Waals surface area contributed by atoms with Gasteiger partial charge in [-0.3, -0.25) is 4.79 Å². The quantitative estimate of drug-likeness (QED) is 0.794. The van der Waals surface area contributed by atoms with Crippen LogP contribution in [0, 0.1) is 13.8 Å². The molecule has 5 heteroatoms. The molecule has 0 radical (unpaired) electrons. The van der Waals surface area contributed by atoms with E-state index in [1.165, 1.54) is 0 Å². The predicted octanol–water partition coefficient (Wildman–Crippen LogP) is 1.12. The Morgan fingerprint density at radius 2 is 2.20 bits per heavy atom. The van der Waals surface area contributed by atoms with E-state index in [2.05, 4.69) is 5.10 Å². The molecule has 0 atom stereocenters. The SMILES string of the molecule is CCOCn1nc(C)c(CC(=O)O)c1C. The van der Waals surface area contributed by atoms with Gasteiger partial charge in [-0.2, -0.15) is 5.10 Å². The highest BCUT2D eigenvalue weighted by Crippen LogP contribution is 2.13. The van der Waals surface area contributed by atoms with Gasteiger partial charge in [0.25, 0.3) is 0 Å². The first-order valence-electron chi connectivity index (χ1n) is 4.88. The van der Waals surface area contributed by atoms with Gasteiger partial charge in [-0.25, -0.2) is 4.68 Å². The number of rotatable bonds is 5. The summed E-state index contributed by atoms with van der Waals surface area (Å²) in [6, 6.07) is 0. The van der Waals surface area contributed by atoms with Crippen LogP contribution in [0.4, 0.5) is 0 Å². The van der Waals surface area contributed by atoms with Crippen LogP contribution in [0.2, 0.25) is 0 Å². The Balaban J connectivity index is 2.87. The topological polar surface area (TPSA) is 64.4 Å². The summed E-state index contributed by atoms with van der Waals surface area (Å²) >= 11 is 0. The van der Waals surface area contributed by atoms with Crippen molar-refractivity contribution in [2.75, 3.05) is 6.61 Å². The molecule has 1 heterocycles. The number of carboxylic acid groups (broad SMARTS) is 1. The Bertz CT molecular complexity index is 358. The van der Waals surface area contributed by atoms with Crippen molar-refractivity contribution in [3.8, 4) is 0 Å². The largest absolute Gasteiger partial charge is 0.481 e. The highest BCUT2D eigenvalue weighted by Gasteiger charge is 2.13. The molecule has 0 saturated carbocycles. The van der Waals surface area contributed by atoms with Crippen molar-refractivity contribution in [1.82, 2.24) is 9.78 Å². The molecule has 1 rings (SSSR count). The number of hydrogen-bond donors (Lipinski definition) is 1. The van der Waals surface area contributed by atoms with Crippen LogP contribution in [0.5, 0.6) is 0 Å². The van der Waals surface area contributed by atoms with Gasteiger partial charge in [0.05, 0.1) is 12.1 Å². The first-order valence-corrected chi connectivity index (χ1v) is 4.88. The molecular weight excluding hydrogens is 196 g/mol. The van der Waals surface area contributed by atoms with Crippen molar-refractivity contribution < 1.29 is 14.6 Å². The molecule has 0 aliphatic rings. The van der Waals surface area contributed by atoms with Crippen LogP contribution in [0.3, 0.4) is 0 Å². The Kier molecular flexibility index (Phi) is 3.85. The standard InChI is InChI=1S/C10H16N2O3/c1-4-15-6-12-8(3)9(5-10(13)14)7(2)11-12/h4-6H2,1-3H3,(H,13,14). The fraction of sp³-hybridized carbons (Fsp3) is 0.600. The Hall–Kier alpha value is -1.36. The molecule has 1 N–H and O–H groups in total. The average Bonchev–Trinajstić information content (AvgIpc) is 2.42. The molecular formula is C10H16N2O3. The molecule has 0 saturated heterocycles. The van der Waals surface area contributed by atoms with Crippen LogP contribution < -0.4 is 0 Å². The number of carboxylic acids is 1. The second-order valence-electron chi connectivity index (χ2n) is 3.34. The van der Waals surface area contributed by atoms with Gasteiger partial charge in [-0.05, 0) is 20.8 Å². The molecule has 0 amide bonds. The zero-order valence-corrected chi connectivity index (χ0v) is 9.28. The maximum absolute atomic E-state index is 10.6. The van der Waals surface area contributed by atoms with E-state index in [1.807, 2.05) is 20.8 Å². The normalized spacial score (nSPS) is 10.6. The molecule has 15 heavy (non-hydrogen) atoms. The van der Waals surface area contributed by atoms with Gasteiger partial charge in [-0.15, -0.1) is 0 Å². The molecule has 0 aliphatic carbocycles. The first kappa shape index (κ1) is 11.7. The van der Waals surface area contributed by atoms with Gasteiger partial charge in [0.15, 0.2) is 0 Å². The third-order valence-electron chi connectivity index (χ3n) is 2.28. The van der Waals surface area contributed by atoms with Gasteiger partial charge >= 0.3 is 5.97 Å². The van der Waals surface area contributed by atoms with Crippen molar-refractivity contribution in [3.05, 3.63) is 17.0 Å². The summed E-state index contributed by atoms with van der Waals surface area (Å²) in [4.78, 5) is 10.6. The average molecular weight is 212 g/mol. The van der Waals surface area contributed by atoms with Crippen LogP contribution in [0.15, 0.2) is 0 Å². The minimum absolute atomic E-state index is 0.0177. The highest BCUT2D eigenvalue weighted by atomic mass is 16.5. The summed E-state index contributed by atoms with van der Waals surface area (Å²) in [5.41, 5.74) is 2.40. The van der Waals surface area contributed by atoms with Crippen molar-refractivity contribution >= 4 is 5.97 Å². The van der Waals surface area contributed by atoms with Crippen molar-refractivity contribution in [3.63, 3.8) is 0 Å². The zero-order chi connectivity index (χ0) is 11.4. The van der Waals surface area contributed by atoms with Crippen LogP contribution in [-0.4, -0.2) is 27.5 Å². The lowest BCUT2D eigenvalue weighted by atomic mass is 10.1. The van der Waals surface area contributed by atoms with E-state index in [1.54, 1.807) is 4.68 Å². The van der Waals surface area contributed by atoms with Gasteiger partial charge < -0.3 is 9.84 Å². The van der Waals surface area contributed by atoms with E-state index >= 15 is 0 Å². The van der Waals surface area contributed by atoms with E-state index in [-0.39, 0.29) is 6.42 Å². The summed E-state index contributed by atoms with van der Waals surface area (Å²) in [5.74, 6) is -0.836. The lowest BCUT2D eigenvalue weighted by Gasteiger charge is -2.04. The number of carbonyl (C=O) groups is 1. The van der Waals surface area contributed by atoms with Crippen LogP contribution in [-0.2, 0) is 22.7 Å². The minimum Gasteiger partial charge on any atom is -0.481 e. The summed E-state index contributed by atoms with van der Waals surface area (Å²) in [6.45, 7) is 6.57. The van der Waals surface area contributed by atoms with Gasteiger partial charge in [0, 0.05) is 17.9 Å². The molecule has 0 aliphatic heterocycles. The second-order valence-corrected chi connectivity index (χ2v) is 3.34. The van der Waals surface area contributed by atoms with Crippen molar-refractivity contribution in [1.29, 1.82) is 0 Å². The Morgan fingerprint density at radius 3 is 2.73 bits per heavy atom. The van der Waals surface area contributed by atoms with E-state index in [4.69, 9.17) is 9.84 Å². The Labute approximate surface area is 88.7 Å². The fourth-order valence-corrected chi connectivity index (χ4v) is 1.44. The third kappa shape index (κ3) is 2.79. The monoisotopic (exact) mass is 212 g/mol. The van der Waals surface area contributed by atoms with Gasteiger partial charge in [0.1, 0.15) is 6.73 Å². The first-order chi connectivity index (χ1) is 7.06. The van der Waals surface area contributed by atoms with Crippen LogP contribution in [0.25, 0.3) is 0 Å². The minimum atomic E-state index is -0.836. The molecule has 1 aromatic heterocycles. The lowest BCUT2D eigenvalue weighted by molar-refractivity contribution is -0.136. The number of ether oxygens (including phenoxy) is 1. The van der Waals surface area contributed by atoms with Crippen LogP contribution in [0.1, 0.15) is 23.9 Å². The lowest BCUT2D eigenvalue weighted by Crippen LogP contribution is -2.07. The number of aromatic nitrogens is 2. The molecule has 0 fully saturated rings. The second kappa shape index (κ2) is 4.93. The molecule has 1 aromatic rings. The third-order valence-corrected chi connectivity index (χ3v) is 2.28. The molecule has 84 valence electrons. The number of aliphatic carboxylic acids is 1. The number of aryl methyl sites for hydroxylation is 1. The van der Waals surface area contributed by atoms with E-state index in [0.717, 1.165) is 17.0 Å². The number of nitrogens with zero attached hydrogens (tertiary/aromatic N) is 2. The predicted molar refractivity (Wildman–Crippen MR) is 54.7 cm³/mol. The van der Waals surface area contributed by atoms with Crippen molar-refractivity contribution in [2.24, 2.45) is 0 Å². The van der Waals surface area contributed by atoms with Crippen LogP contribution >= 0.6 is 0 Å². The van der Waals surface area contributed by atoms with E-state index in [0.29, 0.717) is 13.3 Å². The molecule has 0 bridgehead atoms. The molecule has 0 unspecified atom stereocenters.